The SMILES string of the molecule is Cc1nccn1CCC1CCCCN1Cc1nc(C(F)(F)F)no1. The summed E-state index contributed by atoms with van der Waals surface area (Å²) in [5.74, 6) is -0.225. The van der Waals surface area contributed by atoms with Crippen molar-refractivity contribution in [1.29, 1.82) is 0 Å². The molecule has 0 aliphatic carbocycles. The van der Waals surface area contributed by atoms with E-state index in [0.717, 1.165) is 44.6 Å². The third-order valence-corrected chi connectivity index (χ3v) is 4.44. The van der Waals surface area contributed by atoms with Crippen molar-refractivity contribution in [1.82, 2.24) is 24.6 Å². The van der Waals surface area contributed by atoms with Gasteiger partial charge in [-0.2, -0.15) is 18.2 Å². The van der Waals surface area contributed by atoms with Crippen molar-refractivity contribution in [2.24, 2.45) is 0 Å². The number of imidazole rings is 1. The molecule has 1 aliphatic rings. The molecule has 24 heavy (non-hydrogen) atoms. The number of piperidine rings is 1. The van der Waals surface area contributed by atoms with Gasteiger partial charge in [0.25, 0.3) is 5.82 Å². The summed E-state index contributed by atoms with van der Waals surface area (Å²) < 4.78 is 44.6. The molecule has 1 atom stereocenters. The van der Waals surface area contributed by atoms with Crippen molar-refractivity contribution in [3.63, 3.8) is 0 Å². The Morgan fingerprint density at radius 2 is 2.17 bits per heavy atom. The van der Waals surface area contributed by atoms with Gasteiger partial charge in [0.1, 0.15) is 5.82 Å². The molecule has 0 radical (unpaired) electrons. The molecule has 9 heteroatoms. The van der Waals surface area contributed by atoms with Crippen LogP contribution in [0.5, 0.6) is 0 Å². The van der Waals surface area contributed by atoms with Crippen molar-refractivity contribution in [2.45, 2.75) is 57.9 Å². The maximum Gasteiger partial charge on any atom is 0.455 e. The first kappa shape index (κ1) is 16.9. The van der Waals surface area contributed by atoms with Crippen LogP contribution in [0, 0.1) is 6.92 Å². The summed E-state index contributed by atoms with van der Waals surface area (Å²) in [6, 6.07) is 0.293. The molecule has 6 nitrogen and oxygen atoms in total. The fraction of sp³-hybridized carbons (Fsp3) is 0.667. The lowest BCUT2D eigenvalue weighted by Gasteiger charge is -2.34. The Morgan fingerprint density at radius 1 is 1.33 bits per heavy atom. The summed E-state index contributed by atoms with van der Waals surface area (Å²) in [6.07, 6.45) is 3.23. The predicted octanol–water partition coefficient (Wildman–Crippen LogP) is 3.04. The minimum absolute atomic E-state index is 0.0213. The van der Waals surface area contributed by atoms with E-state index in [1.54, 1.807) is 6.20 Å². The first-order valence-electron chi connectivity index (χ1n) is 8.05. The number of hydrogen-bond donors (Lipinski definition) is 0. The first-order valence-corrected chi connectivity index (χ1v) is 8.05. The number of alkyl halides is 3. The van der Waals surface area contributed by atoms with Crippen molar-refractivity contribution >= 4 is 0 Å². The number of nitrogens with zero attached hydrogens (tertiary/aromatic N) is 5. The predicted molar refractivity (Wildman–Crippen MR) is 78.9 cm³/mol. The van der Waals surface area contributed by atoms with Gasteiger partial charge in [0, 0.05) is 25.0 Å². The van der Waals surface area contributed by atoms with E-state index in [4.69, 9.17) is 4.52 Å². The van der Waals surface area contributed by atoms with Crippen molar-refractivity contribution in [3.05, 3.63) is 29.9 Å². The second kappa shape index (κ2) is 6.92. The molecule has 2 aromatic heterocycles. The zero-order valence-electron chi connectivity index (χ0n) is 13.5. The molecule has 1 saturated heterocycles. The summed E-state index contributed by atoms with van der Waals surface area (Å²) in [4.78, 5) is 9.82. The highest BCUT2D eigenvalue weighted by molar-refractivity contribution is 4.93. The third kappa shape index (κ3) is 3.95. The minimum atomic E-state index is -4.57. The Kier molecular flexibility index (Phi) is 4.88. The van der Waals surface area contributed by atoms with Crippen LogP contribution in [0.15, 0.2) is 16.9 Å². The maximum absolute atomic E-state index is 12.6. The molecule has 1 unspecified atom stereocenters. The second-order valence-electron chi connectivity index (χ2n) is 6.09. The van der Waals surface area contributed by atoms with Crippen LogP contribution in [0.3, 0.4) is 0 Å². The molecular formula is C15H20F3N5O. The molecule has 0 saturated carbocycles. The Bertz CT molecular complexity index is 666. The zero-order chi connectivity index (χ0) is 17.2. The van der Waals surface area contributed by atoms with Gasteiger partial charge < -0.3 is 9.09 Å². The van der Waals surface area contributed by atoms with Gasteiger partial charge in [0.2, 0.25) is 5.89 Å². The average Bonchev–Trinajstić information content (AvgIpc) is 3.15. The molecule has 0 amide bonds. The van der Waals surface area contributed by atoms with Crippen LogP contribution in [0.1, 0.15) is 43.2 Å². The summed E-state index contributed by atoms with van der Waals surface area (Å²) in [5, 5.41) is 3.03. The monoisotopic (exact) mass is 343 g/mol. The van der Waals surface area contributed by atoms with Crippen LogP contribution in [0.4, 0.5) is 13.2 Å². The van der Waals surface area contributed by atoms with E-state index in [1.165, 1.54) is 0 Å². The number of aromatic nitrogens is 4. The number of hydrogen-bond acceptors (Lipinski definition) is 5. The number of halogens is 3. The van der Waals surface area contributed by atoms with E-state index in [-0.39, 0.29) is 12.4 Å². The quantitative estimate of drug-likeness (QED) is 0.835. The van der Waals surface area contributed by atoms with Crippen LogP contribution in [-0.4, -0.2) is 37.2 Å². The second-order valence-corrected chi connectivity index (χ2v) is 6.09. The topological polar surface area (TPSA) is 60.0 Å². The molecule has 0 spiro atoms. The highest BCUT2D eigenvalue weighted by atomic mass is 19.4. The lowest BCUT2D eigenvalue weighted by molar-refractivity contribution is -0.146. The first-order chi connectivity index (χ1) is 11.4. The molecular weight excluding hydrogens is 323 g/mol. The molecule has 3 heterocycles. The molecule has 2 aromatic rings. The Labute approximate surface area is 137 Å². The molecule has 1 aliphatic heterocycles. The Balaban J connectivity index is 1.62. The zero-order valence-corrected chi connectivity index (χ0v) is 13.5. The number of likely N-dealkylation sites (tertiary alicyclic amines) is 1. The van der Waals surface area contributed by atoms with Crippen molar-refractivity contribution in [2.75, 3.05) is 6.54 Å². The van der Waals surface area contributed by atoms with Gasteiger partial charge in [-0.1, -0.05) is 11.6 Å². The highest BCUT2D eigenvalue weighted by Gasteiger charge is 2.37. The van der Waals surface area contributed by atoms with Crippen LogP contribution >= 0.6 is 0 Å². The fourth-order valence-electron chi connectivity index (χ4n) is 3.13. The average molecular weight is 343 g/mol. The summed E-state index contributed by atoms with van der Waals surface area (Å²) in [6.45, 7) is 3.88. The van der Waals surface area contributed by atoms with E-state index < -0.39 is 12.0 Å². The van der Waals surface area contributed by atoms with E-state index >= 15 is 0 Å². The fourth-order valence-corrected chi connectivity index (χ4v) is 3.13. The highest BCUT2D eigenvalue weighted by Crippen LogP contribution is 2.27. The molecule has 0 aromatic carbocycles. The van der Waals surface area contributed by atoms with Crippen molar-refractivity contribution in [3.8, 4) is 0 Å². The van der Waals surface area contributed by atoms with Gasteiger partial charge in [0.05, 0.1) is 6.54 Å². The normalized spacial score (nSPS) is 19.8. The lowest BCUT2D eigenvalue weighted by atomic mass is 9.99. The largest absolute Gasteiger partial charge is 0.455 e. The van der Waals surface area contributed by atoms with Gasteiger partial charge in [-0.3, -0.25) is 4.90 Å². The van der Waals surface area contributed by atoms with Crippen LogP contribution in [0.25, 0.3) is 0 Å². The van der Waals surface area contributed by atoms with Gasteiger partial charge in [0.15, 0.2) is 0 Å². The van der Waals surface area contributed by atoms with E-state index in [9.17, 15) is 13.2 Å². The third-order valence-electron chi connectivity index (χ3n) is 4.44. The van der Waals surface area contributed by atoms with Crippen LogP contribution in [-0.2, 0) is 19.3 Å². The standard InChI is InChI=1S/C15H20F3N5O/c1-11-19-6-9-22(11)8-5-12-4-2-3-7-23(12)10-13-20-14(21-24-13)15(16,17)18/h6,9,12H,2-5,7-8,10H2,1H3. The van der Waals surface area contributed by atoms with Gasteiger partial charge >= 0.3 is 6.18 Å². The van der Waals surface area contributed by atoms with E-state index in [2.05, 4.69) is 24.6 Å². The summed E-state index contributed by atoms with van der Waals surface area (Å²) >= 11 is 0. The molecule has 132 valence electrons. The summed E-state index contributed by atoms with van der Waals surface area (Å²) in [7, 11) is 0. The van der Waals surface area contributed by atoms with Crippen LogP contribution < -0.4 is 0 Å². The summed E-state index contributed by atoms with van der Waals surface area (Å²) in [5.41, 5.74) is 0. The van der Waals surface area contributed by atoms with Crippen molar-refractivity contribution < 1.29 is 17.7 Å². The lowest BCUT2D eigenvalue weighted by Crippen LogP contribution is -2.39. The van der Waals surface area contributed by atoms with Crippen LogP contribution in [0.2, 0.25) is 0 Å². The Morgan fingerprint density at radius 3 is 2.83 bits per heavy atom. The molecule has 0 bridgehead atoms. The van der Waals surface area contributed by atoms with Gasteiger partial charge in [-0.05, 0) is 32.7 Å². The van der Waals surface area contributed by atoms with Gasteiger partial charge in [-0.15, -0.1) is 0 Å². The smallest absolute Gasteiger partial charge is 0.338 e. The minimum Gasteiger partial charge on any atom is -0.338 e. The van der Waals surface area contributed by atoms with E-state index in [1.807, 2.05) is 13.1 Å². The molecule has 1 fully saturated rings. The number of rotatable bonds is 5. The number of aryl methyl sites for hydroxylation is 2. The Hall–Kier alpha value is -1.90. The molecule has 3 rings (SSSR count). The maximum atomic E-state index is 12.6. The molecule has 0 N–H and O–H groups in total. The van der Waals surface area contributed by atoms with Gasteiger partial charge in [-0.25, -0.2) is 4.98 Å². The van der Waals surface area contributed by atoms with E-state index in [0.29, 0.717) is 6.04 Å².